The molecule has 1 aromatic heterocycles. The Kier molecular flexibility index (Phi) is 10.6. The lowest BCUT2D eigenvalue weighted by atomic mass is 9.89. The zero-order chi connectivity index (χ0) is 60.3. The summed E-state index contributed by atoms with van der Waals surface area (Å²) in [7, 11) is 0. The second-order valence-corrected chi connectivity index (χ2v) is 24.5. The van der Waals surface area contributed by atoms with Crippen molar-refractivity contribution in [2.24, 2.45) is 0 Å². The second kappa shape index (κ2) is 19.3. The summed E-state index contributed by atoms with van der Waals surface area (Å²) in [6, 6.07) is 111. The van der Waals surface area contributed by atoms with E-state index in [2.05, 4.69) is 328 Å². The van der Waals surface area contributed by atoms with Gasteiger partial charge in [-0.15, -0.1) is 0 Å². The molecule has 16 aromatic rings. The van der Waals surface area contributed by atoms with E-state index in [9.17, 15) is 0 Å². The van der Waals surface area contributed by atoms with Crippen LogP contribution in [0.4, 0.5) is 68.2 Å². The first-order chi connectivity index (χ1) is 45.5. The molecule has 0 unspecified atom stereocenters. The summed E-state index contributed by atoms with van der Waals surface area (Å²) >= 11 is 0. The lowest BCUT2D eigenvalue weighted by molar-refractivity contribution is 0.477. The molecule has 0 aliphatic carbocycles. The van der Waals surface area contributed by atoms with Crippen molar-refractivity contribution in [1.29, 1.82) is 0 Å². The van der Waals surface area contributed by atoms with Crippen LogP contribution in [0.5, 0.6) is 23.0 Å². The van der Waals surface area contributed by atoms with Crippen LogP contribution in [0, 0.1) is 6.92 Å². The highest BCUT2D eigenvalue weighted by Gasteiger charge is 2.36. The van der Waals surface area contributed by atoms with E-state index in [1.54, 1.807) is 0 Å². The van der Waals surface area contributed by atoms with Gasteiger partial charge in [-0.2, -0.15) is 0 Å². The SMILES string of the molecule is Cc1ccc(N2c3cc4c(cc3-c3cccc5cccc2c35)Oc2ccc(-c3ccc5c(ccc6c5c5cc(N7c8cc9c(cc8-c8cccc%10cccc7c8%10)Oc7ccccc7N9c7ccccc7)ccc5n6-c5ccccc5)c3)cc2N4c2ccccc2)cc1. The maximum atomic E-state index is 7.12. The number of nitrogens with zero attached hydrogens (tertiary/aromatic N) is 5. The Morgan fingerprint density at radius 2 is 0.717 bits per heavy atom. The summed E-state index contributed by atoms with van der Waals surface area (Å²) in [4.78, 5) is 9.63. The smallest absolute Gasteiger partial charge is 0.152 e. The van der Waals surface area contributed by atoms with E-state index in [1.807, 2.05) is 6.07 Å². The van der Waals surface area contributed by atoms with Gasteiger partial charge >= 0.3 is 0 Å². The van der Waals surface area contributed by atoms with Crippen molar-refractivity contribution in [3.8, 4) is 62.1 Å². The predicted octanol–water partition coefficient (Wildman–Crippen LogP) is 24.3. The second-order valence-electron chi connectivity index (χ2n) is 24.5. The van der Waals surface area contributed by atoms with Gasteiger partial charge in [0.2, 0.25) is 0 Å². The van der Waals surface area contributed by atoms with Crippen molar-refractivity contribution in [2.45, 2.75) is 6.92 Å². The molecule has 20 rings (SSSR count). The third-order valence-corrected chi connectivity index (χ3v) is 19.3. The van der Waals surface area contributed by atoms with Gasteiger partial charge in [0.25, 0.3) is 0 Å². The van der Waals surface area contributed by atoms with Gasteiger partial charge in [-0.05, 0) is 190 Å². The van der Waals surface area contributed by atoms with Crippen molar-refractivity contribution < 1.29 is 9.47 Å². The first kappa shape index (κ1) is 50.7. The Bertz CT molecular complexity index is 5790. The summed E-state index contributed by atoms with van der Waals surface area (Å²) in [5.41, 5.74) is 24.1. The molecule has 0 atom stereocenters. The van der Waals surface area contributed by atoms with Gasteiger partial charge in [-0.25, -0.2) is 0 Å². The molecule has 15 aromatic carbocycles. The molecule has 0 bridgehead atoms. The number of aromatic nitrogens is 1. The van der Waals surface area contributed by atoms with Crippen LogP contribution in [0.25, 0.3) is 93.2 Å². The van der Waals surface area contributed by atoms with Crippen LogP contribution in [0.1, 0.15) is 5.56 Å². The van der Waals surface area contributed by atoms with Gasteiger partial charge in [0, 0.05) is 61.1 Å². The van der Waals surface area contributed by atoms with Gasteiger partial charge in [0.1, 0.15) is 0 Å². The number of hydrogen-bond acceptors (Lipinski definition) is 6. The summed E-state index contributed by atoms with van der Waals surface area (Å²) in [5, 5.41) is 9.53. The topological polar surface area (TPSA) is 36.4 Å². The van der Waals surface area contributed by atoms with Gasteiger partial charge in [0.15, 0.2) is 23.0 Å². The maximum Gasteiger partial charge on any atom is 0.152 e. The highest BCUT2D eigenvalue weighted by molar-refractivity contribution is 6.23. The molecule has 7 heteroatoms. The molecule has 7 nitrogen and oxygen atoms in total. The summed E-state index contributed by atoms with van der Waals surface area (Å²) in [6.07, 6.45) is 0. The number of hydrogen-bond donors (Lipinski definition) is 0. The molecule has 0 amide bonds. The highest BCUT2D eigenvalue weighted by Crippen LogP contribution is 2.61. The molecular formula is C85H53N5O2. The standard InChI is InChI=1S/C85H53N5O2/c1-52-33-38-61(39-34-52)88-71-30-15-19-53-17-13-27-64(83(53)71)66-48-82-78(50-74(66)88)89(60-25-9-4-10-26-60)76-46-56(37-44-80(76)92-82)55-35-41-63-57(45-55)36-42-73-85(63)68-47-62(40-43-69(68)86(73)58-21-5-2-6-22-58)90-72-31-16-20-54-18-14-28-65(84(54)72)67-49-81-77(51-75(67)90)87(59-23-7-3-8-24-59)70-29-11-12-32-79(70)91-81/h2-51H,1H3. The van der Waals surface area contributed by atoms with Crippen LogP contribution in [0.2, 0.25) is 0 Å². The molecular weight excluding hydrogens is 1120 g/mol. The molecule has 430 valence electrons. The predicted molar refractivity (Wildman–Crippen MR) is 380 cm³/mol. The highest BCUT2D eigenvalue weighted by atomic mass is 16.5. The van der Waals surface area contributed by atoms with E-state index in [0.717, 1.165) is 136 Å². The molecule has 4 aliphatic heterocycles. The van der Waals surface area contributed by atoms with Crippen LogP contribution in [-0.4, -0.2) is 4.57 Å². The van der Waals surface area contributed by atoms with Crippen molar-refractivity contribution in [3.05, 3.63) is 309 Å². The first-order valence-electron chi connectivity index (χ1n) is 31.5. The molecule has 0 N–H and O–H groups in total. The van der Waals surface area contributed by atoms with Gasteiger partial charge in [0.05, 0.1) is 56.5 Å². The summed E-state index contributed by atoms with van der Waals surface area (Å²) in [6.45, 7) is 2.15. The lowest BCUT2D eigenvalue weighted by Gasteiger charge is -2.38. The monoisotopic (exact) mass is 1180 g/mol. The van der Waals surface area contributed by atoms with Crippen LogP contribution < -0.4 is 29.1 Å². The quantitative estimate of drug-likeness (QED) is 0.165. The van der Waals surface area contributed by atoms with Crippen molar-refractivity contribution in [2.75, 3.05) is 19.6 Å². The lowest BCUT2D eigenvalue weighted by Crippen LogP contribution is -2.19. The Morgan fingerprint density at radius 3 is 1.36 bits per heavy atom. The van der Waals surface area contributed by atoms with Crippen LogP contribution in [0.3, 0.4) is 0 Å². The number of benzene rings is 15. The number of rotatable bonds is 6. The molecule has 5 heterocycles. The Balaban J connectivity index is 0.750. The van der Waals surface area contributed by atoms with E-state index >= 15 is 0 Å². The van der Waals surface area contributed by atoms with Gasteiger partial charge in [-0.1, -0.05) is 169 Å². The van der Waals surface area contributed by atoms with E-state index in [0.29, 0.717) is 0 Å². The third-order valence-electron chi connectivity index (χ3n) is 19.3. The molecule has 0 fully saturated rings. The van der Waals surface area contributed by atoms with E-state index in [4.69, 9.17) is 9.47 Å². The Hall–Kier alpha value is -12.3. The molecule has 0 saturated carbocycles. The van der Waals surface area contributed by atoms with Crippen molar-refractivity contribution in [1.82, 2.24) is 4.57 Å². The van der Waals surface area contributed by atoms with Crippen molar-refractivity contribution >= 4 is 122 Å². The number of para-hydroxylation sites is 5. The number of ether oxygens (including phenoxy) is 2. The minimum Gasteiger partial charge on any atom is -0.453 e. The fourth-order valence-electron chi connectivity index (χ4n) is 15.3. The fraction of sp³-hybridized carbons (Fsp3) is 0.0118. The molecule has 0 radical (unpaired) electrons. The third kappa shape index (κ3) is 7.39. The zero-order valence-electron chi connectivity index (χ0n) is 49.9. The summed E-state index contributed by atoms with van der Waals surface area (Å²) in [5.74, 6) is 3.24. The van der Waals surface area contributed by atoms with E-state index in [1.165, 1.54) is 54.4 Å². The molecule has 4 aliphatic rings. The average Bonchev–Trinajstić information content (AvgIpc) is 1.06. The van der Waals surface area contributed by atoms with E-state index in [-0.39, 0.29) is 0 Å². The minimum absolute atomic E-state index is 0.796. The molecule has 92 heavy (non-hydrogen) atoms. The first-order valence-corrected chi connectivity index (χ1v) is 31.5. The summed E-state index contributed by atoms with van der Waals surface area (Å²) < 4.78 is 16.4. The van der Waals surface area contributed by atoms with Gasteiger partial charge in [-0.3, -0.25) is 0 Å². The zero-order valence-corrected chi connectivity index (χ0v) is 49.9. The Labute approximate surface area is 530 Å². The van der Waals surface area contributed by atoms with E-state index < -0.39 is 0 Å². The fourth-order valence-corrected chi connectivity index (χ4v) is 15.3. The largest absolute Gasteiger partial charge is 0.453 e. The molecule has 0 saturated heterocycles. The number of anilines is 12. The molecule has 0 spiro atoms. The average molecular weight is 1180 g/mol. The van der Waals surface area contributed by atoms with Crippen LogP contribution in [-0.2, 0) is 0 Å². The van der Waals surface area contributed by atoms with Crippen LogP contribution in [0.15, 0.2) is 303 Å². The maximum absolute atomic E-state index is 7.12. The number of aryl methyl sites for hydroxylation is 1. The minimum atomic E-state index is 0.796. The normalized spacial score (nSPS) is 13.1. The van der Waals surface area contributed by atoms with Crippen LogP contribution >= 0.6 is 0 Å². The van der Waals surface area contributed by atoms with Gasteiger partial charge < -0.3 is 33.6 Å². The van der Waals surface area contributed by atoms with Crippen molar-refractivity contribution in [3.63, 3.8) is 0 Å². The number of fused-ring (bicyclic) bond motifs is 13. The Morgan fingerprint density at radius 1 is 0.239 bits per heavy atom.